The van der Waals surface area contributed by atoms with E-state index in [4.69, 9.17) is 9.47 Å². The van der Waals surface area contributed by atoms with E-state index in [9.17, 15) is 14.7 Å². The molecule has 1 aromatic rings. The molecule has 2 aliphatic rings. The number of aromatic hydroxyl groups is 1. The van der Waals surface area contributed by atoms with Gasteiger partial charge in [-0.1, -0.05) is 26.0 Å². The second-order valence-electron chi connectivity index (χ2n) is 9.19. The van der Waals surface area contributed by atoms with Crippen LogP contribution in [0, 0.1) is 11.3 Å². The van der Waals surface area contributed by atoms with Crippen LogP contribution in [0.25, 0.3) is 0 Å². The Morgan fingerprint density at radius 3 is 2.67 bits per heavy atom. The van der Waals surface area contributed by atoms with E-state index in [2.05, 4.69) is 18.8 Å². The minimum atomic E-state index is -0.713. The van der Waals surface area contributed by atoms with Crippen molar-refractivity contribution < 1.29 is 24.2 Å². The quantitative estimate of drug-likeness (QED) is 0.559. The highest BCUT2D eigenvalue weighted by Crippen LogP contribution is 2.48. The lowest BCUT2D eigenvalue weighted by Gasteiger charge is -2.39. The van der Waals surface area contributed by atoms with Gasteiger partial charge in [-0.2, -0.15) is 0 Å². The van der Waals surface area contributed by atoms with E-state index in [1.165, 1.54) is 0 Å². The molecule has 3 rings (SSSR count). The van der Waals surface area contributed by atoms with Gasteiger partial charge in [0.05, 0.1) is 12.7 Å². The third-order valence-electron chi connectivity index (χ3n) is 5.56. The largest absolute Gasteiger partial charge is 0.508 e. The number of phenolic OH excluding ortho intramolecular Hbond substituents is 1. The van der Waals surface area contributed by atoms with Crippen LogP contribution in [0.5, 0.6) is 5.75 Å². The number of ketones is 1. The maximum atomic E-state index is 13.2. The molecular formula is C24H31NO5. The number of hydrogen-bond acceptors (Lipinski definition) is 6. The average molecular weight is 414 g/mol. The monoisotopic (exact) mass is 413 g/mol. The number of aliphatic imine (C=N–C) groups is 1. The van der Waals surface area contributed by atoms with Gasteiger partial charge in [0, 0.05) is 29.3 Å². The first-order chi connectivity index (χ1) is 14.1. The number of Topliss-reactive ketones (excluding diaryl/α,β-unsaturated/α-hetero) is 1. The van der Waals surface area contributed by atoms with Crippen LogP contribution in [-0.2, 0) is 19.1 Å². The Labute approximate surface area is 178 Å². The van der Waals surface area contributed by atoms with E-state index >= 15 is 0 Å². The van der Waals surface area contributed by atoms with E-state index in [1.54, 1.807) is 18.2 Å². The Kier molecular flexibility index (Phi) is 6.46. The normalized spacial score (nSPS) is 23.3. The van der Waals surface area contributed by atoms with Crippen LogP contribution in [0.3, 0.4) is 0 Å². The number of hydrogen-bond donors (Lipinski definition) is 1. The third-order valence-corrected chi connectivity index (χ3v) is 5.56. The fourth-order valence-electron chi connectivity index (χ4n) is 4.34. The summed E-state index contributed by atoms with van der Waals surface area (Å²) in [7, 11) is 0. The van der Waals surface area contributed by atoms with Gasteiger partial charge in [0.2, 0.25) is 0 Å². The number of allylic oxidation sites excluding steroid dienone is 2. The molecule has 0 saturated heterocycles. The second-order valence-corrected chi connectivity index (χ2v) is 9.19. The van der Waals surface area contributed by atoms with Crippen molar-refractivity contribution in [3.8, 4) is 5.75 Å². The van der Waals surface area contributed by atoms with Gasteiger partial charge in [-0.15, -0.1) is 0 Å². The molecule has 0 saturated carbocycles. The maximum absolute atomic E-state index is 13.2. The molecular weight excluding hydrogens is 382 g/mol. The van der Waals surface area contributed by atoms with Crippen molar-refractivity contribution in [2.24, 2.45) is 16.3 Å². The molecule has 1 N–H and O–H groups in total. The van der Waals surface area contributed by atoms with Gasteiger partial charge in [-0.05, 0) is 50.3 Å². The van der Waals surface area contributed by atoms with Gasteiger partial charge in [0.15, 0.2) is 5.78 Å². The number of benzene rings is 1. The fraction of sp³-hybridized carbons (Fsp3) is 0.542. The summed E-state index contributed by atoms with van der Waals surface area (Å²) in [6.07, 6.45) is 1.13. The van der Waals surface area contributed by atoms with E-state index in [0.29, 0.717) is 36.3 Å². The Hall–Kier alpha value is -2.47. The maximum Gasteiger partial charge on any atom is 0.315 e. The molecule has 6 nitrogen and oxygen atoms in total. The lowest BCUT2D eigenvalue weighted by Crippen LogP contribution is -2.39. The second kappa shape index (κ2) is 8.72. The van der Waals surface area contributed by atoms with Crippen LogP contribution < -0.4 is 0 Å². The van der Waals surface area contributed by atoms with Crippen molar-refractivity contribution in [2.75, 3.05) is 13.2 Å². The predicted octanol–water partition coefficient (Wildman–Crippen LogP) is 4.18. The lowest BCUT2D eigenvalue weighted by molar-refractivity contribution is -0.148. The molecule has 0 bridgehead atoms. The summed E-state index contributed by atoms with van der Waals surface area (Å²) in [5.74, 6) is -1.56. The molecule has 162 valence electrons. The van der Waals surface area contributed by atoms with E-state index in [0.717, 1.165) is 5.70 Å². The van der Waals surface area contributed by atoms with E-state index < -0.39 is 17.8 Å². The zero-order valence-electron chi connectivity index (χ0n) is 18.4. The van der Waals surface area contributed by atoms with Crippen LogP contribution in [0.2, 0.25) is 0 Å². The first kappa shape index (κ1) is 22.2. The third kappa shape index (κ3) is 4.81. The van der Waals surface area contributed by atoms with Gasteiger partial charge < -0.3 is 14.6 Å². The van der Waals surface area contributed by atoms with Crippen molar-refractivity contribution in [1.29, 1.82) is 0 Å². The van der Waals surface area contributed by atoms with Gasteiger partial charge >= 0.3 is 5.97 Å². The van der Waals surface area contributed by atoms with E-state index in [-0.39, 0.29) is 29.7 Å². The predicted molar refractivity (Wildman–Crippen MR) is 115 cm³/mol. The number of nitrogens with zero attached hydrogens (tertiary/aromatic N) is 1. The number of ether oxygens (including phenoxy) is 2. The molecule has 0 spiro atoms. The Balaban J connectivity index is 1.98. The summed E-state index contributed by atoms with van der Waals surface area (Å²) < 4.78 is 11.0. The zero-order chi connectivity index (χ0) is 22.1. The first-order valence-corrected chi connectivity index (χ1v) is 10.5. The van der Waals surface area contributed by atoms with Crippen molar-refractivity contribution in [3.05, 3.63) is 41.1 Å². The molecule has 6 heteroatoms. The molecule has 1 aromatic carbocycles. The smallest absolute Gasteiger partial charge is 0.315 e. The minimum Gasteiger partial charge on any atom is -0.508 e. The van der Waals surface area contributed by atoms with Gasteiger partial charge in [0.25, 0.3) is 0 Å². The average Bonchev–Trinajstić information content (AvgIpc) is 2.62. The fourth-order valence-corrected chi connectivity index (χ4v) is 4.34. The highest BCUT2D eigenvalue weighted by atomic mass is 16.6. The molecule has 0 amide bonds. The molecule has 0 fully saturated rings. The van der Waals surface area contributed by atoms with Crippen LogP contribution in [0.15, 0.2) is 40.5 Å². The summed E-state index contributed by atoms with van der Waals surface area (Å²) in [6, 6.07) is 6.75. The molecule has 1 aliphatic heterocycles. The number of carbonyl (C=O) groups excluding carboxylic acids is 2. The van der Waals surface area contributed by atoms with Gasteiger partial charge in [0.1, 0.15) is 18.3 Å². The van der Waals surface area contributed by atoms with Gasteiger partial charge in [-0.25, -0.2) is 0 Å². The number of phenols is 1. The molecule has 30 heavy (non-hydrogen) atoms. The molecule has 1 aliphatic carbocycles. The molecule has 1 unspecified atom stereocenters. The topological polar surface area (TPSA) is 85.2 Å². The Morgan fingerprint density at radius 1 is 1.27 bits per heavy atom. The summed E-state index contributed by atoms with van der Waals surface area (Å²) >= 11 is 0. The number of rotatable bonds is 6. The molecule has 0 aromatic heterocycles. The Morgan fingerprint density at radius 2 is 2.00 bits per heavy atom. The summed E-state index contributed by atoms with van der Waals surface area (Å²) in [6.45, 7) is 10.2. The van der Waals surface area contributed by atoms with Crippen molar-refractivity contribution in [2.45, 2.75) is 59.5 Å². The standard InChI is InChI=1S/C24H31NO5/c1-14(2)29-9-10-30-23(28)20-15(3)25-18-12-24(4,5)13-19(27)22(18)21(20)16-7-6-8-17(26)11-16/h6-8,11,14,20-21,26H,9-10,12-13H2,1-5H3/t20?,21-/m0/s1. The van der Waals surface area contributed by atoms with Crippen molar-refractivity contribution in [1.82, 2.24) is 0 Å². The SMILES string of the molecule is CC1=NC2=C(C(=O)CC(C)(C)C2)[C@@H](c2cccc(O)c2)C1C(=O)OCCOC(C)C. The Bertz CT molecular complexity index is 897. The molecule has 1 heterocycles. The summed E-state index contributed by atoms with van der Waals surface area (Å²) in [4.78, 5) is 30.9. The van der Waals surface area contributed by atoms with Crippen molar-refractivity contribution >= 4 is 17.5 Å². The summed E-state index contributed by atoms with van der Waals surface area (Å²) in [5, 5.41) is 10.0. The zero-order valence-corrected chi connectivity index (χ0v) is 18.4. The summed E-state index contributed by atoms with van der Waals surface area (Å²) in [5.41, 5.74) is 2.48. The molecule has 2 atom stereocenters. The van der Waals surface area contributed by atoms with Crippen LogP contribution in [0.1, 0.15) is 58.9 Å². The number of esters is 1. The molecule has 0 radical (unpaired) electrons. The number of carbonyl (C=O) groups is 2. The minimum absolute atomic E-state index is 0.00628. The lowest BCUT2D eigenvalue weighted by atomic mass is 9.67. The van der Waals surface area contributed by atoms with E-state index in [1.807, 2.05) is 26.8 Å². The van der Waals surface area contributed by atoms with Crippen LogP contribution >= 0.6 is 0 Å². The van der Waals surface area contributed by atoms with Gasteiger partial charge in [-0.3, -0.25) is 14.6 Å². The highest BCUT2D eigenvalue weighted by Gasteiger charge is 2.46. The van der Waals surface area contributed by atoms with Crippen molar-refractivity contribution in [3.63, 3.8) is 0 Å². The first-order valence-electron chi connectivity index (χ1n) is 10.5. The van der Waals surface area contributed by atoms with Crippen LogP contribution in [0.4, 0.5) is 0 Å². The highest BCUT2D eigenvalue weighted by molar-refractivity contribution is 6.09. The van der Waals surface area contributed by atoms with Crippen LogP contribution in [-0.4, -0.2) is 41.9 Å².